The molecule has 0 bridgehead atoms. The number of benzene rings is 2. The first-order chi connectivity index (χ1) is 19.3. The summed E-state index contributed by atoms with van der Waals surface area (Å²) in [6.07, 6.45) is 3.67. The van der Waals surface area contributed by atoms with Gasteiger partial charge in [0, 0.05) is 19.5 Å². The summed E-state index contributed by atoms with van der Waals surface area (Å²) in [6, 6.07) is 16.0. The molecule has 1 fully saturated rings. The van der Waals surface area contributed by atoms with Gasteiger partial charge in [-0.1, -0.05) is 49.6 Å². The van der Waals surface area contributed by atoms with Gasteiger partial charge in [0.25, 0.3) is 0 Å². The Bertz CT molecular complexity index is 1260. The number of phenols is 1. The SMILES string of the molecule is CC(C)(C)OC(=O)N[C@@H](Cc1ccccc1)[C@H](O)CN(CC1(CCC#N)CCCCC1)S(=O)(=O)c1ccc(O)cc1. The van der Waals surface area contributed by atoms with E-state index in [1.807, 2.05) is 30.3 Å². The van der Waals surface area contributed by atoms with Crippen LogP contribution in [0.2, 0.25) is 0 Å². The summed E-state index contributed by atoms with van der Waals surface area (Å²) < 4.78 is 34.8. The first-order valence-electron chi connectivity index (χ1n) is 14.2. The zero-order valence-electron chi connectivity index (χ0n) is 24.3. The number of sulfonamides is 1. The monoisotopic (exact) mass is 585 g/mol. The van der Waals surface area contributed by atoms with Gasteiger partial charge >= 0.3 is 6.09 Å². The van der Waals surface area contributed by atoms with Gasteiger partial charge in [0.2, 0.25) is 10.0 Å². The van der Waals surface area contributed by atoms with Crippen LogP contribution in [0.25, 0.3) is 0 Å². The third-order valence-corrected chi connectivity index (χ3v) is 9.35. The Labute approximate surface area is 244 Å². The van der Waals surface area contributed by atoms with Gasteiger partial charge in [-0.15, -0.1) is 0 Å². The summed E-state index contributed by atoms with van der Waals surface area (Å²) >= 11 is 0. The Morgan fingerprint density at radius 2 is 1.73 bits per heavy atom. The molecule has 0 aromatic heterocycles. The van der Waals surface area contributed by atoms with Crippen LogP contribution in [0.15, 0.2) is 59.5 Å². The molecule has 1 aliphatic carbocycles. The van der Waals surface area contributed by atoms with E-state index in [1.165, 1.54) is 28.6 Å². The molecule has 1 saturated carbocycles. The molecule has 0 heterocycles. The van der Waals surface area contributed by atoms with Gasteiger partial charge in [0.15, 0.2) is 0 Å². The zero-order chi connectivity index (χ0) is 30.1. The molecule has 3 N–H and O–H groups in total. The average Bonchev–Trinajstić information content (AvgIpc) is 2.91. The van der Waals surface area contributed by atoms with Crippen molar-refractivity contribution in [3.05, 3.63) is 60.2 Å². The van der Waals surface area contributed by atoms with Crippen molar-refractivity contribution >= 4 is 16.1 Å². The number of aliphatic hydroxyl groups is 1. The van der Waals surface area contributed by atoms with Crippen LogP contribution < -0.4 is 5.32 Å². The number of alkyl carbamates (subject to hydrolysis) is 1. The predicted molar refractivity (Wildman–Crippen MR) is 157 cm³/mol. The number of carbonyl (C=O) groups excluding carboxylic acids is 1. The first-order valence-corrected chi connectivity index (χ1v) is 15.7. The summed E-state index contributed by atoms with van der Waals surface area (Å²) in [6.45, 7) is 5.09. The molecule has 1 aliphatic rings. The minimum absolute atomic E-state index is 0.00606. The van der Waals surface area contributed by atoms with E-state index in [2.05, 4.69) is 11.4 Å². The van der Waals surface area contributed by atoms with E-state index in [-0.39, 0.29) is 30.2 Å². The molecule has 2 aromatic rings. The van der Waals surface area contributed by atoms with Gasteiger partial charge in [0.05, 0.1) is 23.1 Å². The molecule has 0 spiro atoms. The quantitative estimate of drug-likeness (QED) is 0.314. The molecule has 0 aliphatic heterocycles. The van der Waals surface area contributed by atoms with Crippen molar-refractivity contribution in [2.75, 3.05) is 13.1 Å². The second-order valence-corrected chi connectivity index (χ2v) is 14.0. The van der Waals surface area contributed by atoms with E-state index < -0.39 is 39.3 Å². The molecule has 0 saturated heterocycles. The van der Waals surface area contributed by atoms with E-state index in [4.69, 9.17) is 4.74 Å². The van der Waals surface area contributed by atoms with Crippen molar-refractivity contribution in [1.29, 1.82) is 5.26 Å². The van der Waals surface area contributed by atoms with Crippen LogP contribution in [0.4, 0.5) is 4.79 Å². The standard InChI is InChI=1S/C31H43N3O6S/c1-30(2,3)40-29(37)33-27(21-24-11-6-4-7-12-24)28(36)22-34(41(38,39)26-15-13-25(35)14-16-26)23-31(19-10-20-32)17-8-5-9-18-31/h4,6-7,11-16,27-28,35-36H,5,8-10,17-19,21-23H2,1-3H3,(H,33,37)/t27-,28+/m0/s1. The number of nitrogens with zero attached hydrogens (tertiary/aromatic N) is 2. The fourth-order valence-electron chi connectivity index (χ4n) is 5.45. The maximum absolute atomic E-state index is 14.0. The summed E-state index contributed by atoms with van der Waals surface area (Å²) in [4.78, 5) is 12.7. The van der Waals surface area contributed by atoms with Gasteiger partial charge in [-0.3, -0.25) is 0 Å². The fraction of sp³-hybridized carbons (Fsp3) is 0.548. The third kappa shape index (κ3) is 9.73. The van der Waals surface area contributed by atoms with Crippen molar-refractivity contribution < 1.29 is 28.2 Å². The smallest absolute Gasteiger partial charge is 0.407 e. The summed E-state index contributed by atoms with van der Waals surface area (Å²) in [5, 5.41) is 33.4. The van der Waals surface area contributed by atoms with E-state index in [1.54, 1.807) is 20.8 Å². The van der Waals surface area contributed by atoms with E-state index in [0.717, 1.165) is 37.7 Å². The highest BCUT2D eigenvalue weighted by Crippen LogP contribution is 2.42. The Kier molecular flexibility index (Phi) is 11.2. The van der Waals surface area contributed by atoms with Crippen LogP contribution in [-0.4, -0.2) is 59.9 Å². The second-order valence-electron chi connectivity index (χ2n) is 12.0. The number of carbonyl (C=O) groups is 1. The molecule has 0 unspecified atom stereocenters. The van der Waals surface area contributed by atoms with Crippen molar-refractivity contribution in [3.8, 4) is 11.8 Å². The molecule has 224 valence electrons. The average molecular weight is 586 g/mol. The lowest BCUT2D eigenvalue weighted by Gasteiger charge is -2.41. The molecule has 2 aromatic carbocycles. The van der Waals surface area contributed by atoms with Crippen molar-refractivity contribution in [2.24, 2.45) is 5.41 Å². The van der Waals surface area contributed by atoms with Gasteiger partial charge < -0.3 is 20.3 Å². The molecule has 2 atom stereocenters. The largest absolute Gasteiger partial charge is 0.508 e. The number of phenolic OH excluding ortho intramolecular Hbond substituents is 1. The molecule has 41 heavy (non-hydrogen) atoms. The van der Waals surface area contributed by atoms with Gasteiger partial charge in [-0.25, -0.2) is 13.2 Å². The maximum Gasteiger partial charge on any atom is 0.407 e. The van der Waals surface area contributed by atoms with Crippen LogP contribution in [0.3, 0.4) is 0 Å². The molecular weight excluding hydrogens is 542 g/mol. The minimum Gasteiger partial charge on any atom is -0.508 e. The molecule has 10 heteroatoms. The van der Waals surface area contributed by atoms with E-state index in [0.29, 0.717) is 12.8 Å². The third-order valence-electron chi connectivity index (χ3n) is 7.52. The van der Waals surface area contributed by atoms with Gasteiger partial charge in [-0.2, -0.15) is 9.57 Å². The van der Waals surface area contributed by atoms with Gasteiger partial charge in [0.1, 0.15) is 11.4 Å². The van der Waals surface area contributed by atoms with Crippen LogP contribution in [-0.2, 0) is 21.2 Å². The zero-order valence-corrected chi connectivity index (χ0v) is 25.1. The Balaban J connectivity index is 1.96. The highest BCUT2D eigenvalue weighted by atomic mass is 32.2. The normalized spacial score (nSPS) is 16.9. The fourth-order valence-corrected chi connectivity index (χ4v) is 7.02. The Morgan fingerprint density at radius 1 is 1.10 bits per heavy atom. The molecule has 3 rings (SSSR count). The number of rotatable bonds is 12. The number of amides is 1. The highest BCUT2D eigenvalue weighted by Gasteiger charge is 2.39. The summed E-state index contributed by atoms with van der Waals surface area (Å²) in [7, 11) is -4.10. The first kappa shape index (κ1) is 32.4. The van der Waals surface area contributed by atoms with Crippen molar-refractivity contribution in [2.45, 2.75) is 94.8 Å². The number of aliphatic hydroxyl groups excluding tert-OH is 1. The van der Waals surface area contributed by atoms with Gasteiger partial charge in [-0.05, 0) is 81.7 Å². The number of hydrogen-bond acceptors (Lipinski definition) is 7. The molecule has 1 amide bonds. The maximum atomic E-state index is 14.0. The number of aromatic hydroxyl groups is 1. The molecule has 0 radical (unpaired) electrons. The van der Waals surface area contributed by atoms with Crippen LogP contribution in [0.1, 0.15) is 71.3 Å². The summed E-state index contributed by atoms with van der Waals surface area (Å²) in [5.74, 6) is -0.0576. The lowest BCUT2D eigenvalue weighted by atomic mass is 9.71. The molecular formula is C31H43N3O6S. The Morgan fingerprint density at radius 3 is 2.32 bits per heavy atom. The Hall–Kier alpha value is -3.13. The van der Waals surface area contributed by atoms with Crippen molar-refractivity contribution in [1.82, 2.24) is 9.62 Å². The van der Waals surface area contributed by atoms with Crippen LogP contribution >= 0.6 is 0 Å². The van der Waals surface area contributed by atoms with Crippen LogP contribution in [0, 0.1) is 16.7 Å². The minimum atomic E-state index is -4.10. The van der Waals surface area contributed by atoms with E-state index >= 15 is 0 Å². The second kappa shape index (κ2) is 14.2. The lowest BCUT2D eigenvalue weighted by molar-refractivity contribution is 0.0376. The number of hydrogen-bond donors (Lipinski definition) is 3. The topological polar surface area (TPSA) is 140 Å². The number of nitriles is 1. The number of nitrogens with one attached hydrogen (secondary N) is 1. The highest BCUT2D eigenvalue weighted by molar-refractivity contribution is 7.89. The predicted octanol–water partition coefficient (Wildman–Crippen LogP) is 5.13. The lowest BCUT2D eigenvalue weighted by Crippen LogP contribution is -2.53. The number of ether oxygens (including phenoxy) is 1. The molecule has 9 nitrogen and oxygen atoms in total. The summed E-state index contributed by atoms with van der Waals surface area (Å²) in [5.41, 5.74) is -0.293. The van der Waals surface area contributed by atoms with Crippen LogP contribution in [0.5, 0.6) is 5.75 Å². The van der Waals surface area contributed by atoms with E-state index in [9.17, 15) is 28.7 Å². The van der Waals surface area contributed by atoms with Crippen molar-refractivity contribution in [3.63, 3.8) is 0 Å².